The van der Waals surface area contributed by atoms with Gasteiger partial charge in [-0.05, 0) is 63.5 Å². The van der Waals surface area contributed by atoms with E-state index >= 15 is 0 Å². The zero-order valence-corrected chi connectivity index (χ0v) is 23.9. The van der Waals surface area contributed by atoms with Crippen molar-refractivity contribution in [3.8, 4) is 5.75 Å². The summed E-state index contributed by atoms with van der Waals surface area (Å²) in [6.07, 6.45) is 5.95. The molecule has 1 aromatic heterocycles. The van der Waals surface area contributed by atoms with E-state index in [1.165, 1.54) is 7.11 Å². The van der Waals surface area contributed by atoms with Gasteiger partial charge in [-0.15, -0.1) is 0 Å². The number of carbonyl (C=O) groups is 4. The number of ether oxygens (including phenoxy) is 1. The molecule has 2 aromatic rings. The van der Waals surface area contributed by atoms with Crippen molar-refractivity contribution in [3.63, 3.8) is 0 Å². The van der Waals surface area contributed by atoms with Gasteiger partial charge in [0.05, 0.1) is 17.6 Å². The summed E-state index contributed by atoms with van der Waals surface area (Å²) in [5.41, 5.74) is 0.290. The van der Waals surface area contributed by atoms with Crippen LogP contribution < -0.4 is 15.4 Å². The second-order valence-electron chi connectivity index (χ2n) is 12.4. The maximum atomic E-state index is 13.9. The molecule has 0 radical (unpaired) electrons. The quantitative estimate of drug-likeness (QED) is 0.397. The molecule has 3 aliphatic rings. The molecule has 2 aliphatic heterocycles. The highest BCUT2D eigenvalue weighted by Crippen LogP contribution is 2.47. The molecule has 4 N–H and O–H groups in total. The Labute approximate surface area is 238 Å². The molecule has 1 saturated carbocycles. The number of aromatic nitrogens is 1. The number of halogens is 1. The fraction of sp³-hybridized carbons (Fsp3) is 0.586. The molecular weight excluding hydrogens is 536 g/mol. The molecule has 3 amide bonds. The van der Waals surface area contributed by atoms with Gasteiger partial charge in [-0.2, -0.15) is 0 Å². The van der Waals surface area contributed by atoms with Gasteiger partial charge in [0.1, 0.15) is 23.5 Å². The van der Waals surface area contributed by atoms with Crippen LogP contribution >= 0.6 is 11.6 Å². The van der Waals surface area contributed by atoms with Gasteiger partial charge in [0.25, 0.3) is 5.91 Å². The number of hydrogen-bond acceptors (Lipinski definition) is 5. The average molecular weight is 573 g/mol. The summed E-state index contributed by atoms with van der Waals surface area (Å²) in [7, 11) is 1.54. The molecule has 3 fully saturated rings. The molecule has 0 bridgehead atoms. The lowest BCUT2D eigenvalue weighted by Gasteiger charge is -2.32. The number of aliphatic carboxylic acids is 1. The van der Waals surface area contributed by atoms with Gasteiger partial charge >= 0.3 is 5.97 Å². The van der Waals surface area contributed by atoms with Crippen LogP contribution in [0.1, 0.15) is 75.7 Å². The molecule has 1 spiro atoms. The van der Waals surface area contributed by atoms with Gasteiger partial charge in [-0.1, -0.05) is 30.9 Å². The number of carboxylic acids is 1. The lowest BCUT2D eigenvalue weighted by molar-refractivity contribution is -0.143. The van der Waals surface area contributed by atoms with E-state index in [0.29, 0.717) is 46.8 Å². The van der Waals surface area contributed by atoms with Crippen LogP contribution in [0.4, 0.5) is 0 Å². The van der Waals surface area contributed by atoms with Crippen LogP contribution in [0.3, 0.4) is 0 Å². The maximum absolute atomic E-state index is 13.9. The standard InChI is InChI=1S/C29H37ClN4O6/c1-28(2)13-17(24(35)33-28)11-21(27(38)39)32-25(36)22-14-29(7-5-4-6-8-29)15-34(22)26(37)20-10-16-9-18(40-3)12-19(30)23(16)31-20/h9-10,12,17,21-22,31H,4-8,11,13-15H2,1-3H3,(H,32,36)(H,33,35)(H,38,39)/t17-,21+,22+/m1/s1. The van der Waals surface area contributed by atoms with Gasteiger partial charge < -0.3 is 30.4 Å². The Balaban J connectivity index is 1.40. The number of methoxy groups -OCH3 is 1. The van der Waals surface area contributed by atoms with Crippen LogP contribution in [0.15, 0.2) is 18.2 Å². The third-order valence-electron chi connectivity index (χ3n) is 8.83. The van der Waals surface area contributed by atoms with Crippen molar-refractivity contribution in [2.24, 2.45) is 11.3 Å². The Kier molecular flexibility index (Phi) is 7.50. The number of carbonyl (C=O) groups excluding carboxylic acids is 3. The topological polar surface area (TPSA) is 141 Å². The predicted octanol–water partition coefficient (Wildman–Crippen LogP) is 3.87. The second-order valence-corrected chi connectivity index (χ2v) is 12.8. The monoisotopic (exact) mass is 572 g/mol. The molecule has 1 aliphatic carbocycles. The van der Waals surface area contributed by atoms with Gasteiger partial charge in [0.15, 0.2) is 0 Å². The molecule has 216 valence electrons. The summed E-state index contributed by atoms with van der Waals surface area (Å²) >= 11 is 6.41. The number of fused-ring (bicyclic) bond motifs is 1. The molecule has 10 nitrogen and oxygen atoms in total. The molecule has 2 saturated heterocycles. The van der Waals surface area contributed by atoms with Gasteiger partial charge in [0.2, 0.25) is 11.8 Å². The van der Waals surface area contributed by atoms with Crippen LogP contribution in [0.2, 0.25) is 5.02 Å². The molecule has 3 heterocycles. The molecule has 5 rings (SSSR count). The number of amides is 3. The van der Waals surface area contributed by atoms with E-state index in [1.807, 2.05) is 13.8 Å². The normalized spacial score (nSPS) is 24.2. The summed E-state index contributed by atoms with van der Waals surface area (Å²) in [5.74, 6) is -2.20. The number of nitrogens with one attached hydrogen (secondary N) is 3. The molecule has 3 atom stereocenters. The minimum atomic E-state index is -1.24. The van der Waals surface area contributed by atoms with Crippen molar-refractivity contribution in [1.29, 1.82) is 0 Å². The van der Waals surface area contributed by atoms with Crippen molar-refractivity contribution in [1.82, 2.24) is 20.5 Å². The SMILES string of the molecule is COc1cc(Cl)c2[nH]c(C(=O)N3CC4(CCCCC4)C[C@H]3C(=O)N[C@@H](C[C@@H]3CC(C)(C)NC3=O)C(=O)O)cc2c1. The number of aromatic amines is 1. The van der Waals surface area contributed by atoms with E-state index in [2.05, 4.69) is 15.6 Å². The van der Waals surface area contributed by atoms with Crippen molar-refractivity contribution < 1.29 is 29.0 Å². The van der Waals surface area contributed by atoms with Crippen LogP contribution in [-0.2, 0) is 14.4 Å². The molecule has 1 aromatic carbocycles. The van der Waals surface area contributed by atoms with Gasteiger partial charge in [0, 0.05) is 29.5 Å². The summed E-state index contributed by atoms with van der Waals surface area (Å²) < 4.78 is 5.30. The maximum Gasteiger partial charge on any atom is 0.326 e. The zero-order valence-electron chi connectivity index (χ0n) is 23.1. The smallest absolute Gasteiger partial charge is 0.326 e. The summed E-state index contributed by atoms with van der Waals surface area (Å²) in [6.45, 7) is 4.20. The van der Waals surface area contributed by atoms with E-state index in [0.717, 1.165) is 32.1 Å². The van der Waals surface area contributed by atoms with E-state index in [1.54, 1.807) is 23.1 Å². The Bertz CT molecular complexity index is 1350. The van der Waals surface area contributed by atoms with E-state index < -0.39 is 35.4 Å². The Morgan fingerprint density at radius 1 is 1.18 bits per heavy atom. The van der Waals surface area contributed by atoms with E-state index in [-0.39, 0.29) is 23.7 Å². The highest BCUT2D eigenvalue weighted by molar-refractivity contribution is 6.35. The predicted molar refractivity (Wildman–Crippen MR) is 149 cm³/mol. The minimum absolute atomic E-state index is 0.00943. The van der Waals surface area contributed by atoms with Crippen molar-refractivity contribution in [2.75, 3.05) is 13.7 Å². The molecular formula is C29H37ClN4O6. The Hall–Kier alpha value is -3.27. The first kappa shape index (κ1) is 28.3. The van der Waals surface area contributed by atoms with Crippen molar-refractivity contribution >= 4 is 46.2 Å². The average Bonchev–Trinajstić information content (AvgIpc) is 3.56. The van der Waals surface area contributed by atoms with Crippen LogP contribution in [0, 0.1) is 11.3 Å². The Morgan fingerprint density at radius 2 is 1.90 bits per heavy atom. The molecule has 40 heavy (non-hydrogen) atoms. The third-order valence-corrected chi connectivity index (χ3v) is 9.13. The number of H-pyrrole nitrogens is 1. The second kappa shape index (κ2) is 10.6. The summed E-state index contributed by atoms with van der Waals surface area (Å²) in [6, 6.07) is 3.08. The highest BCUT2D eigenvalue weighted by atomic mass is 35.5. The fourth-order valence-corrected chi connectivity index (χ4v) is 7.15. The molecule has 0 unspecified atom stereocenters. The first-order valence-corrected chi connectivity index (χ1v) is 14.3. The van der Waals surface area contributed by atoms with Crippen molar-refractivity contribution in [3.05, 3.63) is 28.9 Å². The third kappa shape index (κ3) is 5.50. The minimum Gasteiger partial charge on any atom is -0.497 e. The largest absolute Gasteiger partial charge is 0.497 e. The lowest BCUT2D eigenvalue weighted by Crippen LogP contribution is -2.51. The van der Waals surface area contributed by atoms with Crippen LogP contribution in [0.5, 0.6) is 5.75 Å². The Morgan fingerprint density at radius 3 is 2.52 bits per heavy atom. The lowest BCUT2D eigenvalue weighted by atomic mass is 9.72. The first-order valence-electron chi connectivity index (χ1n) is 13.9. The van der Waals surface area contributed by atoms with Crippen LogP contribution in [-0.4, -0.2) is 70.0 Å². The summed E-state index contributed by atoms with van der Waals surface area (Å²) in [4.78, 5) is 56.9. The van der Waals surface area contributed by atoms with Gasteiger partial charge in [-0.25, -0.2) is 4.79 Å². The first-order chi connectivity index (χ1) is 18.9. The van der Waals surface area contributed by atoms with Crippen LogP contribution in [0.25, 0.3) is 10.9 Å². The van der Waals surface area contributed by atoms with Crippen molar-refractivity contribution in [2.45, 2.75) is 82.8 Å². The number of nitrogens with zero attached hydrogens (tertiary/aromatic N) is 1. The number of carboxylic acid groups (broad SMARTS) is 1. The molecule has 11 heteroatoms. The number of benzene rings is 1. The van der Waals surface area contributed by atoms with E-state index in [4.69, 9.17) is 16.3 Å². The summed E-state index contributed by atoms with van der Waals surface area (Å²) in [5, 5.41) is 16.6. The fourth-order valence-electron chi connectivity index (χ4n) is 6.89. The van der Waals surface area contributed by atoms with E-state index in [9.17, 15) is 24.3 Å². The van der Waals surface area contributed by atoms with Gasteiger partial charge in [-0.3, -0.25) is 14.4 Å². The zero-order chi connectivity index (χ0) is 28.8. The highest BCUT2D eigenvalue weighted by Gasteiger charge is 2.50. The number of hydrogen-bond donors (Lipinski definition) is 4. The number of rotatable bonds is 7. The number of likely N-dealkylation sites (tertiary alicyclic amines) is 1.